The number of anilines is 1. The van der Waals surface area contributed by atoms with Crippen LogP contribution in [0.15, 0.2) is 35.0 Å². The lowest BCUT2D eigenvalue weighted by Crippen LogP contribution is -2.41. The number of rotatable bonds is 6. The molecule has 4 rings (SSSR count). The summed E-state index contributed by atoms with van der Waals surface area (Å²) >= 11 is 0. The Balaban J connectivity index is 1.57. The van der Waals surface area contributed by atoms with E-state index in [-0.39, 0.29) is 18.0 Å². The quantitative estimate of drug-likeness (QED) is 0.547. The molecule has 0 unspecified atom stereocenters. The zero-order chi connectivity index (χ0) is 21.6. The molecule has 0 bridgehead atoms. The van der Waals surface area contributed by atoms with Crippen molar-refractivity contribution < 1.29 is 9.53 Å². The normalized spacial score (nSPS) is 23.5. The first-order valence-electron chi connectivity index (χ1n) is 12.4. The van der Waals surface area contributed by atoms with E-state index in [4.69, 9.17) is 9.73 Å². The number of hydrogen-bond donors (Lipinski definition) is 0. The summed E-state index contributed by atoms with van der Waals surface area (Å²) in [6, 6.07) is 9.44. The van der Waals surface area contributed by atoms with Crippen LogP contribution in [0.5, 0.6) is 0 Å². The molecule has 0 N–H and O–H groups in total. The SMILES string of the molecule is CCN(CC)c1ccc(C=C2OC(=NC3CCCCC3)N(C3CCCCC3)C2=O)cc1. The third-order valence-corrected chi connectivity index (χ3v) is 6.96. The Morgan fingerprint density at radius 1 is 0.968 bits per heavy atom. The molecule has 0 atom stereocenters. The molecule has 1 amide bonds. The molecule has 31 heavy (non-hydrogen) atoms. The van der Waals surface area contributed by atoms with Crippen LogP contribution >= 0.6 is 0 Å². The Bertz CT molecular complexity index is 798. The van der Waals surface area contributed by atoms with E-state index >= 15 is 0 Å². The molecule has 1 saturated heterocycles. The molecule has 5 heteroatoms. The molecule has 1 aliphatic heterocycles. The van der Waals surface area contributed by atoms with Gasteiger partial charge in [-0.3, -0.25) is 9.69 Å². The number of ether oxygens (including phenoxy) is 1. The number of aliphatic imine (C=N–C) groups is 1. The molecule has 3 aliphatic rings. The van der Waals surface area contributed by atoms with Crippen molar-refractivity contribution in [1.82, 2.24) is 4.90 Å². The van der Waals surface area contributed by atoms with Gasteiger partial charge < -0.3 is 9.64 Å². The summed E-state index contributed by atoms with van der Waals surface area (Å²) in [5.74, 6) is 0.394. The summed E-state index contributed by atoms with van der Waals surface area (Å²) in [6.45, 7) is 6.29. The second-order valence-corrected chi connectivity index (χ2v) is 9.04. The van der Waals surface area contributed by atoms with Gasteiger partial charge in [-0.15, -0.1) is 0 Å². The van der Waals surface area contributed by atoms with Crippen molar-refractivity contribution >= 4 is 23.7 Å². The number of carbonyl (C=O) groups is 1. The minimum atomic E-state index is -0.0192. The monoisotopic (exact) mass is 423 g/mol. The highest BCUT2D eigenvalue weighted by Gasteiger charge is 2.40. The van der Waals surface area contributed by atoms with Gasteiger partial charge in [-0.25, -0.2) is 4.99 Å². The number of amides is 1. The van der Waals surface area contributed by atoms with E-state index in [9.17, 15) is 4.79 Å². The van der Waals surface area contributed by atoms with Crippen LogP contribution in [0.1, 0.15) is 83.6 Å². The zero-order valence-electron chi connectivity index (χ0n) is 19.2. The van der Waals surface area contributed by atoms with Crippen molar-refractivity contribution in [2.24, 2.45) is 4.99 Å². The van der Waals surface area contributed by atoms with Crippen LogP contribution in [0.3, 0.4) is 0 Å². The second kappa shape index (κ2) is 10.3. The van der Waals surface area contributed by atoms with Crippen molar-refractivity contribution in [3.63, 3.8) is 0 Å². The van der Waals surface area contributed by atoms with Crippen LogP contribution in [0.25, 0.3) is 6.08 Å². The van der Waals surface area contributed by atoms with Gasteiger partial charge in [-0.2, -0.15) is 0 Å². The summed E-state index contributed by atoms with van der Waals surface area (Å²) in [5.41, 5.74) is 2.19. The van der Waals surface area contributed by atoms with Crippen molar-refractivity contribution in [3.8, 4) is 0 Å². The molecule has 2 aliphatic carbocycles. The molecule has 3 fully saturated rings. The first-order valence-corrected chi connectivity index (χ1v) is 12.4. The van der Waals surface area contributed by atoms with Gasteiger partial charge in [0.05, 0.1) is 6.04 Å². The summed E-state index contributed by atoms with van der Waals surface area (Å²) < 4.78 is 6.14. The van der Waals surface area contributed by atoms with Gasteiger partial charge in [0.15, 0.2) is 5.76 Å². The maximum atomic E-state index is 13.4. The molecule has 1 heterocycles. The Kier molecular flexibility index (Phi) is 7.31. The van der Waals surface area contributed by atoms with Gasteiger partial charge >= 0.3 is 6.02 Å². The second-order valence-electron chi connectivity index (χ2n) is 9.04. The van der Waals surface area contributed by atoms with Crippen molar-refractivity contribution in [2.45, 2.75) is 90.1 Å². The average Bonchev–Trinajstić information content (AvgIpc) is 3.11. The molecule has 1 aromatic carbocycles. The number of benzene rings is 1. The number of nitrogens with zero attached hydrogens (tertiary/aromatic N) is 3. The van der Waals surface area contributed by atoms with Crippen molar-refractivity contribution in [1.29, 1.82) is 0 Å². The zero-order valence-corrected chi connectivity index (χ0v) is 19.2. The Labute approximate surface area is 187 Å². The molecule has 1 aromatic rings. The minimum absolute atomic E-state index is 0.0192. The fourth-order valence-corrected chi connectivity index (χ4v) is 5.13. The van der Waals surface area contributed by atoms with Crippen LogP contribution < -0.4 is 4.90 Å². The lowest BCUT2D eigenvalue weighted by Gasteiger charge is -2.29. The molecule has 0 aromatic heterocycles. The van der Waals surface area contributed by atoms with E-state index in [1.165, 1.54) is 44.2 Å². The number of hydrogen-bond acceptors (Lipinski definition) is 4. The molecule has 5 nitrogen and oxygen atoms in total. The van der Waals surface area contributed by atoms with Gasteiger partial charge in [0, 0.05) is 24.8 Å². The highest BCUT2D eigenvalue weighted by atomic mass is 16.5. The van der Waals surface area contributed by atoms with Gasteiger partial charge in [-0.05, 0) is 63.3 Å². The first-order chi connectivity index (χ1) is 15.2. The van der Waals surface area contributed by atoms with E-state index in [0.29, 0.717) is 11.8 Å². The van der Waals surface area contributed by atoms with Crippen molar-refractivity contribution in [2.75, 3.05) is 18.0 Å². The fourth-order valence-electron chi connectivity index (χ4n) is 5.13. The van der Waals surface area contributed by atoms with Gasteiger partial charge in [0.2, 0.25) is 0 Å². The summed E-state index contributed by atoms with van der Waals surface area (Å²) in [6.07, 6.45) is 13.5. The predicted octanol–water partition coefficient (Wildman–Crippen LogP) is 5.75. The smallest absolute Gasteiger partial charge is 0.300 e. The van der Waals surface area contributed by atoms with Crippen LogP contribution in [-0.4, -0.2) is 42.0 Å². The van der Waals surface area contributed by atoms with Crippen molar-refractivity contribution in [3.05, 3.63) is 35.6 Å². The molecule has 168 valence electrons. The third-order valence-electron chi connectivity index (χ3n) is 6.96. The largest absolute Gasteiger partial charge is 0.420 e. The molecule has 0 spiro atoms. The van der Waals surface area contributed by atoms with E-state index in [1.807, 2.05) is 11.0 Å². The highest BCUT2D eigenvalue weighted by molar-refractivity contribution is 6.11. The van der Waals surface area contributed by atoms with Gasteiger partial charge in [0.1, 0.15) is 0 Å². The van der Waals surface area contributed by atoms with E-state index in [2.05, 4.69) is 43.0 Å². The Hall–Kier alpha value is -2.30. The topological polar surface area (TPSA) is 45.1 Å². The molecule has 0 radical (unpaired) electrons. The Morgan fingerprint density at radius 3 is 2.19 bits per heavy atom. The van der Waals surface area contributed by atoms with Crippen LogP contribution in [0, 0.1) is 0 Å². The van der Waals surface area contributed by atoms with Crippen LogP contribution in [-0.2, 0) is 9.53 Å². The predicted molar refractivity (Wildman–Crippen MR) is 127 cm³/mol. The highest BCUT2D eigenvalue weighted by Crippen LogP contribution is 2.31. The van der Waals surface area contributed by atoms with Gasteiger partial charge in [-0.1, -0.05) is 50.7 Å². The number of amidine groups is 1. The first kappa shape index (κ1) is 21.9. The van der Waals surface area contributed by atoms with E-state index in [1.54, 1.807) is 0 Å². The standard InChI is InChI=1S/C26H37N3O2/c1-3-28(4-2)22-17-15-20(16-18-22)19-24-25(30)29(23-13-9-6-10-14-23)26(31-24)27-21-11-7-5-8-12-21/h15-19,21,23H,3-14H2,1-2H3. The van der Waals surface area contributed by atoms with E-state index in [0.717, 1.165) is 44.3 Å². The molecular formula is C26H37N3O2. The summed E-state index contributed by atoms with van der Waals surface area (Å²) in [4.78, 5) is 22.5. The van der Waals surface area contributed by atoms with Crippen LogP contribution in [0.4, 0.5) is 5.69 Å². The average molecular weight is 424 g/mol. The molecule has 2 saturated carbocycles. The van der Waals surface area contributed by atoms with Crippen LogP contribution in [0.2, 0.25) is 0 Å². The van der Waals surface area contributed by atoms with E-state index < -0.39 is 0 Å². The number of carbonyl (C=O) groups excluding carboxylic acids is 1. The lowest BCUT2D eigenvalue weighted by atomic mass is 9.94. The Morgan fingerprint density at radius 2 is 1.58 bits per heavy atom. The maximum absolute atomic E-state index is 13.4. The third kappa shape index (κ3) is 5.13. The lowest BCUT2D eigenvalue weighted by molar-refractivity contribution is -0.124. The molecular weight excluding hydrogens is 386 g/mol. The van der Waals surface area contributed by atoms with Gasteiger partial charge in [0.25, 0.3) is 5.91 Å². The maximum Gasteiger partial charge on any atom is 0.300 e. The minimum Gasteiger partial charge on any atom is -0.420 e. The summed E-state index contributed by atoms with van der Waals surface area (Å²) in [5, 5.41) is 0. The summed E-state index contributed by atoms with van der Waals surface area (Å²) in [7, 11) is 0. The fraction of sp³-hybridized carbons (Fsp3) is 0.615.